The molecule has 2 aromatic carbocycles. The first-order valence-corrected chi connectivity index (χ1v) is 10.1. The van der Waals surface area contributed by atoms with E-state index in [4.69, 9.17) is 0 Å². The predicted molar refractivity (Wildman–Crippen MR) is 109 cm³/mol. The van der Waals surface area contributed by atoms with E-state index in [-0.39, 0.29) is 10.6 Å². The SMILES string of the molecule is Cc1ccn2cc(-c3ccc(NS(=O)(=O)c4cccc([N+](=O)[O-])c4)cc3)nc2c1. The molecule has 9 heteroatoms. The van der Waals surface area contributed by atoms with Gasteiger partial charge in [-0.2, -0.15) is 0 Å². The molecule has 0 fully saturated rings. The maximum atomic E-state index is 12.5. The first-order valence-electron chi connectivity index (χ1n) is 8.65. The van der Waals surface area contributed by atoms with Crippen molar-refractivity contribution in [1.82, 2.24) is 9.38 Å². The number of aryl methyl sites for hydroxylation is 1. The van der Waals surface area contributed by atoms with Crippen LogP contribution in [0.1, 0.15) is 5.56 Å². The predicted octanol–water partition coefficient (Wildman–Crippen LogP) is 4.02. The number of non-ortho nitro benzene ring substituents is 1. The number of benzene rings is 2. The van der Waals surface area contributed by atoms with Crippen LogP contribution in [0, 0.1) is 17.0 Å². The number of nitro groups is 1. The molecule has 29 heavy (non-hydrogen) atoms. The van der Waals surface area contributed by atoms with Crippen molar-refractivity contribution in [3.05, 3.63) is 88.7 Å². The molecular weight excluding hydrogens is 392 g/mol. The van der Waals surface area contributed by atoms with Gasteiger partial charge >= 0.3 is 0 Å². The first kappa shape index (κ1) is 18.6. The summed E-state index contributed by atoms with van der Waals surface area (Å²) < 4.78 is 29.4. The molecular formula is C20H16N4O4S. The summed E-state index contributed by atoms with van der Waals surface area (Å²) in [7, 11) is -3.95. The summed E-state index contributed by atoms with van der Waals surface area (Å²) in [5.41, 5.74) is 3.61. The fourth-order valence-corrected chi connectivity index (χ4v) is 4.01. The lowest BCUT2D eigenvalue weighted by Crippen LogP contribution is -2.13. The van der Waals surface area contributed by atoms with Crippen LogP contribution in [0.2, 0.25) is 0 Å². The number of fused-ring (bicyclic) bond motifs is 1. The number of aromatic nitrogens is 2. The minimum absolute atomic E-state index is 0.175. The van der Waals surface area contributed by atoms with Crippen molar-refractivity contribution in [2.24, 2.45) is 0 Å². The van der Waals surface area contributed by atoms with E-state index < -0.39 is 14.9 Å². The molecule has 0 unspecified atom stereocenters. The summed E-state index contributed by atoms with van der Waals surface area (Å²) in [6, 6.07) is 15.6. The maximum Gasteiger partial charge on any atom is 0.270 e. The van der Waals surface area contributed by atoms with E-state index in [0.29, 0.717) is 5.69 Å². The molecule has 4 aromatic rings. The summed E-state index contributed by atoms with van der Waals surface area (Å²) in [6.07, 6.45) is 3.83. The van der Waals surface area contributed by atoms with Gasteiger partial charge in [-0.25, -0.2) is 13.4 Å². The third-order valence-electron chi connectivity index (χ3n) is 4.39. The molecule has 0 saturated heterocycles. The molecule has 0 aliphatic rings. The van der Waals surface area contributed by atoms with Crippen LogP contribution in [0.4, 0.5) is 11.4 Å². The second kappa shape index (κ2) is 7.02. The third kappa shape index (κ3) is 3.81. The molecule has 146 valence electrons. The number of nitrogens with one attached hydrogen (secondary N) is 1. The molecule has 4 rings (SSSR count). The van der Waals surface area contributed by atoms with Crippen LogP contribution < -0.4 is 4.72 Å². The number of sulfonamides is 1. The highest BCUT2D eigenvalue weighted by Gasteiger charge is 2.18. The smallest absolute Gasteiger partial charge is 0.270 e. The molecule has 0 aliphatic heterocycles. The van der Waals surface area contributed by atoms with Crippen molar-refractivity contribution in [3.8, 4) is 11.3 Å². The minimum atomic E-state index is -3.95. The number of rotatable bonds is 5. The fraction of sp³-hybridized carbons (Fsp3) is 0.0500. The fourth-order valence-electron chi connectivity index (χ4n) is 2.91. The summed E-state index contributed by atoms with van der Waals surface area (Å²) in [6.45, 7) is 2.00. The number of nitrogens with zero attached hydrogens (tertiary/aromatic N) is 3. The lowest BCUT2D eigenvalue weighted by Gasteiger charge is -2.08. The summed E-state index contributed by atoms with van der Waals surface area (Å²) in [4.78, 5) is 14.6. The molecule has 0 spiro atoms. The second-order valence-electron chi connectivity index (χ2n) is 6.53. The second-order valence-corrected chi connectivity index (χ2v) is 8.22. The van der Waals surface area contributed by atoms with Crippen LogP contribution in [-0.2, 0) is 10.0 Å². The quantitative estimate of drug-likeness (QED) is 0.396. The van der Waals surface area contributed by atoms with E-state index >= 15 is 0 Å². The van der Waals surface area contributed by atoms with Crippen molar-refractivity contribution in [1.29, 1.82) is 0 Å². The summed E-state index contributed by atoms with van der Waals surface area (Å²) in [5.74, 6) is 0. The topological polar surface area (TPSA) is 107 Å². The highest BCUT2D eigenvalue weighted by molar-refractivity contribution is 7.92. The largest absolute Gasteiger partial charge is 0.306 e. The van der Waals surface area contributed by atoms with Gasteiger partial charge in [-0.1, -0.05) is 18.2 Å². The molecule has 8 nitrogen and oxygen atoms in total. The lowest BCUT2D eigenvalue weighted by molar-refractivity contribution is -0.385. The van der Waals surface area contributed by atoms with Gasteiger partial charge in [-0.15, -0.1) is 0 Å². The van der Waals surface area contributed by atoms with Crippen molar-refractivity contribution in [2.45, 2.75) is 11.8 Å². The Morgan fingerprint density at radius 1 is 1.07 bits per heavy atom. The zero-order chi connectivity index (χ0) is 20.6. The van der Waals surface area contributed by atoms with Crippen molar-refractivity contribution in [3.63, 3.8) is 0 Å². The molecule has 0 saturated carbocycles. The average molecular weight is 408 g/mol. The maximum absolute atomic E-state index is 12.5. The standard InChI is InChI=1S/C20H16N4O4S/c1-14-9-10-23-13-19(21-20(23)11-14)15-5-7-16(8-6-15)22-29(27,28)18-4-2-3-17(12-18)24(25)26/h2-13,22H,1H3. The lowest BCUT2D eigenvalue weighted by atomic mass is 10.1. The normalized spacial score (nSPS) is 11.5. The van der Waals surface area contributed by atoms with Gasteiger partial charge in [0.2, 0.25) is 0 Å². The molecule has 1 N–H and O–H groups in total. The van der Waals surface area contributed by atoms with Gasteiger partial charge in [0.15, 0.2) is 0 Å². The van der Waals surface area contributed by atoms with Crippen LogP contribution in [0.25, 0.3) is 16.9 Å². The van der Waals surface area contributed by atoms with Crippen LogP contribution in [0.5, 0.6) is 0 Å². The van der Waals surface area contributed by atoms with Gasteiger partial charge in [-0.05, 0) is 42.8 Å². The summed E-state index contributed by atoms with van der Waals surface area (Å²) in [5, 5.41) is 10.9. The third-order valence-corrected chi connectivity index (χ3v) is 5.77. The van der Waals surface area contributed by atoms with Crippen LogP contribution >= 0.6 is 0 Å². The molecule has 0 bridgehead atoms. The number of hydrogen-bond donors (Lipinski definition) is 1. The van der Waals surface area contributed by atoms with Crippen LogP contribution in [0.3, 0.4) is 0 Å². The first-order chi connectivity index (χ1) is 13.8. The highest BCUT2D eigenvalue weighted by atomic mass is 32.2. The number of pyridine rings is 1. The Morgan fingerprint density at radius 3 is 2.55 bits per heavy atom. The van der Waals surface area contributed by atoms with Gasteiger partial charge in [-0.3, -0.25) is 14.8 Å². The Labute approximate surface area is 166 Å². The Morgan fingerprint density at radius 2 is 1.83 bits per heavy atom. The van der Waals surface area contributed by atoms with Gasteiger partial charge in [0.1, 0.15) is 5.65 Å². The Hall–Kier alpha value is -3.72. The van der Waals surface area contributed by atoms with Crippen LogP contribution in [0.15, 0.2) is 78.0 Å². The Balaban J connectivity index is 1.59. The van der Waals surface area contributed by atoms with Gasteiger partial charge in [0.25, 0.3) is 15.7 Å². The number of nitro benzene ring substituents is 1. The minimum Gasteiger partial charge on any atom is -0.306 e. The average Bonchev–Trinajstić information content (AvgIpc) is 3.11. The molecule has 0 amide bonds. The zero-order valence-corrected chi connectivity index (χ0v) is 16.1. The monoisotopic (exact) mass is 408 g/mol. The number of imidazole rings is 1. The van der Waals surface area contributed by atoms with Gasteiger partial charge < -0.3 is 4.40 Å². The number of anilines is 1. The van der Waals surface area contributed by atoms with E-state index in [2.05, 4.69) is 9.71 Å². The van der Waals surface area contributed by atoms with Crippen LogP contribution in [-0.4, -0.2) is 22.7 Å². The van der Waals surface area contributed by atoms with E-state index in [9.17, 15) is 18.5 Å². The Bertz CT molecular complexity index is 1330. The van der Waals surface area contributed by atoms with Crippen molar-refractivity contribution < 1.29 is 13.3 Å². The van der Waals surface area contributed by atoms with E-state index in [1.54, 1.807) is 24.3 Å². The van der Waals surface area contributed by atoms with Gasteiger partial charge in [0, 0.05) is 35.8 Å². The molecule has 0 aliphatic carbocycles. The number of hydrogen-bond acceptors (Lipinski definition) is 5. The van der Waals surface area contributed by atoms with Crippen molar-refractivity contribution in [2.75, 3.05) is 4.72 Å². The molecule has 2 aromatic heterocycles. The molecule has 2 heterocycles. The summed E-state index contributed by atoms with van der Waals surface area (Å²) >= 11 is 0. The van der Waals surface area contributed by atoms with E-state index in [1.807, 2.05) is 35.9 Å². The van der Waals surface area contributed by atoms with E-state index in [1.165, 1.54) is 18.2 Å². The van der Waals surface area contributed by atoms with Gasteiger partial charge in [0.05, 0.1) is 15.5 Å². The van der Waals surface area contributed by atoms with Crippen molar-refractivity contribution >= 4 is 27.0 Å². The van der Waals surface area contributed by atoms with E-state index in [0.717, 1.165) is 28.5 Å². The Kier molecular flexibility index (Phi) is 4.51. The molecule has 0 atom stereocenters. The molecule has 0 radical (unpaired) electrons. The zero-order valence-electron chi connectivity index (χ0n) is 15.3. The highest BCUT2D eigenvalue weighted by Crippen LogP contribution is 2.24.